The van der Waals surface area contributed by atoms with Gasteiger partial charge in [0.15, 0.2) is 6.10 Å². The minimum Gasteiger partial charge on any atom is -0.462 e. The van der Waals surface area contributed by atoms with Crippen LogP contribution in [0.1, 0.15) is 174 Å². The summed E-state index contributed by atoms with van der Waals surface area (Å²) in [6.07, 6.45) is 43.2. The van der Waals surface area contributed by atoms with E-state index in [1.54, 1.807) is 0 Å². The lowest BCUT2D eigenvalue weighted by molar-refractivity contribution is -0.870. The van der Waals surface area contributed by atoms with Crippen molar-refractivity contribution in [3.05, 3.63) is 48.6 Å². The van der Waals surface area contributed by atoms with E-state index in [-0.39, 0.29) is 26.1 Å². The van der Waals surface area contributed by atoms with Gasteiger partial charge in [-0.05, 0) is 57.8 Å². The van der Waals surface area contributed by atoms with Crippen molar-refractivity contribution in [3.63, 3.8) is 0 Å². The second kappa shape index (κ2) is 37.5. The molecule has 2 atom stereocenters. The summed E-state index contributed by atoms with van der Waals surface area (Å²) in [6.45, 7) is 4.31. The van der Waals surface area contributed by atoms with Gasteiger partial charge < -0.3 is 18.9 Å². The molecule has 2 unspecified atom stereocenters. The molecule has 0 spiro atoms. The third kappa shape index (κ3) is 41.4. The van der Waals surface area contributed by atoms with Crippen LogP contribution in [-0.4, -0.2) is 74.9 Å². The van der Waals surface area contributed by atoms with Crippen LogP contribution in [0.2, 0.25) is 0 Å². The number of quaternary nitrogens is 1. The van der Waals surface area contributed by atoms with Crippen molar-refractivity contribution in [1.82, 2.24) is 0 Å². The van der Waals surface area contributed by atoms with E-state index < -0.39 is 32.5 Å². The maximum Gasteiger partial charge on any atom is 0.472 e. The van der Waals surface area contributed by atoms with E-state index >= 15 is 0 Å². The molecule has 55 heavy (non-hydrogen) atoms. The zero-order valence-electron chi connectivity index (χ0n) is 35.9. The number of ether oxygens (including phenoxy) is 2. The predicted octanol–water partition coefficient (Wildman–Crippen LogP) is 12.3. The SMILES string of the molecule is CCCCCCCC/C=C/C/C=C/CCC(=O)OC(COC(=O)CCCCCCC/C=C/C=C/CCCCCCCCC)COP(=O)(O)OCC[N+](C)(C)C. The minimum absolute atomic E-state index is 0.0186. The number of carbonyl (C=O) groups is 2. The fourth-order valence-electron chi connectivity index (χ4n) is 5.64. The van der Waals surface area contributed by atoms with Crippen LogP contribution < -0.4 is 0 Å². The van der Waals surface area contributed by atoms with E-state index in [0.717, 1.165) is 51.4 Å². The summed E-state index contributed by atoms with van der Waals surface area (Å²) in [5, 5.41) is 0. The summed E-state index contributed by atoms with van der Waals surface area (Å²) in [5.74, 6) is -0.896. The molecule has 0 rings (SSSR count). The number of rotatable bonds is 39. The normalized spacial score (nSPS) is 14.1. The Hall–Kier alpha value is -2.03. The van der Waals surface area contributed by atoms with E-state index in [1.165, 1.54) is 83.5 Å². The molecule has 10 heteroatoms. The Morgan fingerprint density at radius 1 is 0.582 bits per heavy atom. The summed E-state index contributed by atoms with van der Waals surface area (Å²) >= 11 is 0. The second-order valence-electron chi connectivity index (χ2n) is 15.8. The Bertz CT molecular complexity index is 1080. The largest absolute Gasteiger partial charge is 0.472 e. The fourth-order valence-corrected chi connectivity index (χ4v) is 6.39. The molecule has 0 fully saturated rings. The van der Waals surface area contributed by atoms with Crippen LogP contribution in [0.15, 0.2) is 48.6 Å². The summed E-state index contributed by atoms with van der Waals surface area (Å²) in [7, 11) is 1.43. The van der Waals surface area contributed by atoms with Gasteiger partial charge in [-0.3, -0.25) is 18.6 Å². The maximum absolute atomic E-state index is 12.6. The summed E-state index contributed by atoms with van der Waals surface area (Å²) < 4.78 is 34.2. The van der Waals surface area contributed by atoms with Crippen molar-refractivity contribution in [2.75, 3.05) is 47.5 Å². The lowest BCUT2D eigenvalue weighted by Gasteiger charge is -2.24. The molecule has 0 aromatic rings. The van der Waals surface area contributed by atoms with Crippen LogP contribution in [0.4, 0.5) is 0 Å². The van der Waals surface area contributed by atoms with Gasteiger partial charge in [0.2, 0.25) is 0 Å². The zero-order chi connectivity index (χ0) is 40.7. The Kier molecular flexibility index (Phi) is 36.2. The number of hydrogen-bond donors (Lipinski definition) is 1. The number of carbonyl (C=O) groups excluding carboxylic acids is 2. The van der Waals surface area contributed by atoms with Crippen LogP contribution in [0.5, 0.6) is 0 Å². The molecule has 0 aromatic heterocycles. The molecule has 0 aliphatic carbocycles. The standard InChI is InChI=1S/C45H82NO8P/c1-6-8-10-12-14-16-18-20-21-22-23-24-26-27-29-31-33-35-37-44(47)51-41-43(42-53-55(49,50)52-40-39-46(3,4)5)54-45(48)38-36-34-32-30-28-25-19-17-15-13-11-9-7-2/h21-25,28,32,34,43H,6-20,26-27,29-31,33,35-42H2,1-5H3/p+1/b22-21+,24-23+,28-25+,34-32+. The first-order valence-electron chi connectivity index (χ1n) is 21.9. The molecule has 0 heterocycles. The average Bonchev–Trinajstić information content (AvgIpc) is 3.13. The number of esters is 2. The molecular weight excluding hydrogens is 713 g/mol. The van der Waals surface area contributed by atoms with Gasteiger partial charge in [-0.15, -0.1) is 0 Å². The third-order valence-corrected chi connectivity index (χ3v) is 10.1. The Labute approximate surface area is 337 Å². The number of phosphoric ester groups is 1. The molecule has 1 N–H and O–H groups in total. The van der Waals surface area contributed by atoms with Crippen molar-refractivity contribution in [3.8, 4) is 0 Å². The predicted molar refractivity (Wildman–Crippen MR) is 229 cm³/mol. The molecule has 0 saturated carbocycles. The highest BCUT2D eigenvalue weighted by Crippen LogP contribution is 2.43. The van der Waals surface area contributed by atoms with Gasteiger partial charge in [0.1, 0.15) is 19.8 Å². The number of nitrogens with zero attached hydrogens (tertiary/aromatic N) is 1. The molecule has 9 nitrogen and oxygen atoms in total. The molecule has 320 valence electrons. The fraction of sp³-hybridized carbons (Fsp3) is 0.778. The molecule has 0 aromatic carbocycles. The molecule has 0 amide bonds. The Morgan fingerprint density at radius 3 is 1.62 bits per heavy atom. The highest BCUT2D eigenvalue weighted by molar-refractivity contribution is 7.47. The van der Waals surface area contributed by atoms with E-state index in [4.69, 9.17) is 18.5 Å². The number of hydrogen-bond acceptors (Lipinski definition) is 7. The average molecular weight is 797 g/mol. The van der Waals surface area contributed by atoms with Crippen LogP contribution in [0.3, 0.4) is 0 Å². The zero-order valence-corrected chi connectivity index (χ0v) is 36.8. The van der Waals surface area contributed by atoms with Crippen LogP contribution >= 0.6 is 7.82 Å². The first kappa shape index (κ1) is 53.0. The van der Waals surface area contributed by atoms with Crippen molar-refractivity contribution in [2.45, 2.75) is 180 Å². The van der Waals surface area contributed by atoms with Crippen LogP contribution in [0.25, 0.3) is 0 Å². The summed E-state index contributed by atoms with van der Waals surface area (Å²) in [4.78, 5) is 35.3. The lowest BCUT2D eigenvalue weighted by Crippen LogP contribution is -2.37. The van der Waals surface area contributed by atoms with Crippen LogP contribution in [-0.2, 0) is 32.7 Å². The van der Waals surface area contributed by atoms with Gasteiger partial charge in [-0.25, -0.2) is 4.57 Å². The monoisotopic (exact) mass is 797 g/mol. The maximum atomic E-state index is 12.6. The number of unbranched alkanes of at least 4 members (excludes halogenated alkanes) is 18. The van der Waals surface area contributed by atoms with Crippen molar-refractivity contribution in [1.29, 1.82) is 0 Å². The number of phosphoric acid groups is 1. The minimum atomic E-state index is -4.39. The highest BCUT2D eigenvalue weighted by atomic mass is 31.2. The number of likely N-dealkylation sites (N-methyl/N-ethyl adjacent to an activating group) is 1. The van der Waals surface area contributed by atoms with Crippen molar-refractivity contribution >= 4 is 19.8 Å². The molecule has 0 bridgehead atoms. The lowest BCUT2D eigenvalue weighted by atomic mass is 10.1. The van der Waals surface area contributed by atoms with E-state index in [2.05, 4.69) is 50.3 Å². The van der Waals surface area contributed by atoms with Gasteiger partial charge >= 0.3 is 19.8 Å². The third-order valence-electron chi connectivity index (χ3n) is 9.12. The van der Waals surface area contributed by atoms with Crippen LogP contribution in [0, 0.1) is 0 Å². The molecule has 0 saturated heterocycles. The molecule has 0 aliphatic rings. The molecular formula is C45H83NO8P+. The van der Waals surface area contributed by atoms with Gasteiger partial charge in [-0.2, -0.15) is 0 Å². The summed E-state index contributed by atoms with van der Waals surface area (Å²) in [5.41, 5.74) is 0. The van der Waals surface area contributed by atoms with Gasteiger partial charge in [0.05, 0.1) is 27.7 Å². The summed E-state index contributed by atoms with van der Waals surface area (Å²) in [6, 6.07) is 0. The topological polar surface area (TPSA) is 108 Å². The van der Waals surface area contributed by atoms with Crippen molar-refractivity contribution in [2.24, 2.45) is 0 Å². The van der Waals surface area contributed by atoms with Gasteiger partial charge in [-0.1, -0.05) is 152 Å². The highest BCUT2D eigenvalue weighted by Gasteiger charge is 2.27. The smallest absolute Gasteiger partial charge is 0.462 e. The van der Waals surface area contributed by atoms with E-state index in [9.17, 15) is 19.0 Å². The van der Waals surface area contributed by atoms with Crippen molar-refractivity contribution < 1.29 is 42.1 Å². The van der Waals surface area contributed by atoms with E-state index in [0.29, 0.717) is 23.9 Å². The molecule has 0 radical (unpaired) electrons. The Balaban J connectivity index is 4.44. The first-order valence-corrected chi connectivity index (χ1v) is 23.4. The van der Waals surface area contributed by atoms with Gasteiger partial charge in [0, 0.05) is 12.8 Å². The second-order valence-corrected chi connectivity index (χ2v) is 17.2. The molecule has 0 aliphatic heterocycles. The number of allylic oxidation sites excluding steroid dienone is 8. The van der Waals surface area contributed by atoms with E-state index in [1.807, 2.05) is 33.3 Å². The quantitative estimate of drug-likeness (QED) is 0.0164. The van der Waals surface area contributed by atoms with Gasteiger partial charge in [0.25, 0.3) is 0 Å². The Morgan fingerprint density at radius 2 is 1.07 bits per heavy atom. The first-order chi connectivity index (χ1) is 26.5.